The van der Waals surface area contributed by atoms with Crippen molar-refractivity contribution >= 4 is 5.78 Å². The van der Waals surface area contributed by atoms with E-state index in [1.54, 1.807) is 0 Å². The number of rotatable bonds is 2. The van der Waals surface area contributed by atoms with Crippen molar-refractivity contribution < 1.29 is 4.79 Å². The first-order valence-corrected chi connectivity index (χ1v) is 5.57. The van der Waals surface area contributed by atoms with E-state index >= 15 is 0 Å². The third-order valence-corrected chi connectivity index (χ3v) is 3.72. The van der Waals surface area contributed by atoms with E-state index in [1.165, 1.54) is 19.4 Å². The van der Waals surface area contributed by atoms with Crippen LogP contribution in [0.25, 0.3) is 0 Å². The molecule has 1 saturated carbocycles. The Hall–Kier alpha value is -0.370. The number of nitrogens with one attached hydrogen (secondary N) is 1. The van der Waals surface area contributed by atoms with Crippen molar-refractivity contribution in [3.63, 3.8) is 0 Å². The fourth-order valence-electron chi connectivity index (χ4n) is 2.86. The Bertz CT molecular complexity index is 202. The van der Waals surface area contributed by atoms with Crippen LogP contribution in [-0.4, -0.2) is 18.4 Å². The van der Waals surface area contributed by atoms with E-state index < -0.39 is 0 Å². The van der Waals surface area contributed by atoms with E-state index in [0.717, 1.165) is 25.2 Å². The SMILES string of the molecule is CCC(=O)C1CCC2CCNC2C1. The number of fused-ring (bicyclic) bond motifs is 1. The maximum absolute atomic E-state index is 11.5. The molecule has 2 nitrogen and oxygen atoms in total. The highest BCUT2D eigenvalue weighted by molar-refractivity contribution is 5.80. The zero-order valence-electron chi connectivity index (χ0n) is 8.38. The molecule has 2 aliphatic rings. The summed E-state index contributed by atoms with van der Waals surface area (Å²) in [6.07, 6.45) is 5.58. The molecule has 74 valence electrons. The summed E-state index contributed by atoms with van der Waals surface area (Å²) in [5.74, 6) is 1.73. The summed E-state index contributed by atoms with van der Waals surface area (Å²) in [6, 6.07) is 0.661. The summed E-state index contributed by atoms with van der Waals surface area (Å²) in [4.78, 5) is 11.5. The van der Waals surface area contributed by atoms with Crippen LogP contribution in [0.15, 0.2) is 0 Å². The molecule has 1 N–H and O–H groups in total. The van der Waals surface area contributed by atoms with Gasteiger partial charge in [0.25, 0.3) is 0 Å². The minimum Gasteiger partial charge on any atom is -0.314 e. The predicted octanol–water partition coefficient (Wildman–Crippen LogP) is 1.74. The zero-order chi connectivity index (χ0) is 9.26. The van der Waals surface area contributed by atoms with Gasteiger partial charge in [-0.25, -0.2) is 0 Å². The van der Waals surface area contributed by atoms with Gasteiger partial charge >= 0.3 is 0 Å². The van der Waals surface area contributed by atoms with Crippen LogP contribution in [0.5, 0.6) is 0 Å². The molecule has 3 atom stereocenters. The minimum atomic E-state index is 0.372. The topological polar surface area (TPSA) is 29.1 Å². The number of hydrogen-bond acceptors (Lipinski definition) is 2. The maximum atomic E-state index is 11.5. The van der Waals surface area contributed by atoms with Crippen molar-refractivity contribution in [3.05, 3.63) is 0 Å². The molecule has 3 unspecified atom stereocenters. The predicted molar refractivity (Wildman–Crippen MR) is 52.5 cm³/mol. The fourth-order valence-corrected chi connectivity index (χ4v) is 2.86. The number of carbonyl (C=O) groups excluding carboxylic acids is 1. The molecule has 0 spiro atoms. The average molecular weight is 181 g/mol. The number of hydrogen-bond donors (Lipinski definition) is 1. The van der Waals surface area contributed by atoms with Crippen LogP contribution in [0, 0.1) is 11.8 Å². The highest BCUT2D eigenvalue weighted by atomic mass is 16.1. The van der Waals surface area contributed by atoms with Gasteiger partial charge in [-0.15, -0.1) is 0 Å². The lowest BCUT2D eigenvalue weighted by Gasteiger charge is -2.30. The summed E-state index contributed by atoms with van der Waals surface area (Å²) < 4.78 is 0. The van der Waals surface area contributed by atoms with Crippen molar-refractivity contribution in [2.45, 2.75) is 45.1 Å². The molecule has 0 aromatic rings. The molecular weight excluding hydrogens is 162 g/mol. The summed E-state index contributed by atoms with van der Waals surface area (Å²) in [6.45, 7) is 3.15. The van der Waals surface area contributed by atoms with Crippen molar-refractivity contribution in [1.82, 2.24) is 5.32 Å². The number of Topliss-reactive ketones (excluding diaryl/α,β-unsaturated/α-hetero) is 1. The quantitative estimate of drug-likeness (QED) is 0.703. The van der Waals surface area contributed by atoms with Crippen LogP contribution >= 0.6 is 0 Å². The molecule has 0 amide bonds. The molecule has 0 aromatic heterocycles. The number of carbonyl (C=O) groups is 1. The Labute approximate surface area is 80.1 Å². The molecule has 13 heavy (non-hydrogen) atoms. The Morgan fingerprint density at radius 2 is 2.23 bits per heavy atom. The Kier molecular flexibility index (Phi) is 2.68. The summed E-state index contributed by atoms with van der Waals surface area (Å²) in [5, 5.41) is 3.52. The van der Waals surface area contributed by atoms with E-state index in [4.69, 9.17) is 0 Å². The fraction of sp³-hybridized carbons (Fsp3) is 0.909. The van der Waals surface area contributed by atoms with E-state index in [-0.39, 0.29) is 0 Å². The molecule has 1 saturated heterocycles. The summed E-state index contributed by atoms with van der Waals surface area (Å²) >= 11 is 0. The van der Waals surface area contributed by atoms with Gasteiger partial charge in [-0.2, -0.15) is 0 Å². The number of ketones is 1. The normalized spacial score (nSPS) is 38.7. The van der Waals surface area contributed by atoms with Crippen molar-refractivity contribution in [3.8, 4) is 0 Å². The minimum absolute atomic E-state index is 0.372. The lowest BCUT2D eigenvalue weighted by molar-refractivity contribution is -0.123. The molecule has 1 aliphatic heterocycles. The monoisotopic (exact) mass is 181 g/mol. The summed E-state index contributed by atoms with van der Waals surface area (Å²) in [5.41, 5.74) is 0. The van der Waals surface area contributed by atoms with E-state index in [2.05, 4.69) is 5.32 Å². The molecule has 0 radical (unpaired) electrons. The Morgan fingerprint density at radius 1 is 1.38 bits per heavy atom. The van der Waals surface area contributed by atoms with Gasteiger partial charge in [0.2, 0.25) is 0 Å². The highest BCUT2D eigenvalue weighted by Gasteiger charge is 2.35. The molecule has 0 bridgehead atoms. The molecule has 2 rings (SSSR count). The molecule has 1 heterocycles. The first kappa shape index (κ1) is 9.20. The Balaban J connectivity index is 1.93. The van der Waals surface area contributed by atoms with Crippen LogP contribution in [0.2, 0.25) is 0 Å². The van der Waals surface area contributed by atoms with Crippen molar-refractivity contribution in [1.29, 1.82) is 0 Å². The van der Waals surface area contributed by atoms with Gasteiger partial charge in [-0.05, 0) is 38.1 Å². The smallest absolute Gasteiger partial charge is 0.135 e. The van der Waals surface area contributed by atoms with Crippen LogP contribution in [-0.2, 0) is 4.79 Å². The lowest BCUT2D eigenvalue weighted by atomic mass is 9.77. The van der Waals surface area contributed by atoms with E-state index in [1.807, 2.05) is 6.92 Å². The largest absolute Gasteiger partial charge is 0.314 e. The van der Waals surface area contributed by atoms with Crippen LogP contribution in [0.4, 0.5) is 0 Å². The molecular formula is C11H19NO. The van der Waals surface area contributed by atoms with E-state index in [9.17, 15) is 4.79 Å². The first-order chi connectivity index (χ1) is 6.31. The van der Waals surface area contributed by atoms with Gasteiger partial charge in [0, 0.05) is 18.4 Å². The van der Waals surface area contributed by atoms with Gasteiger partial charge < -0.3 is 5.32 Å². The maximum Gasteiger partial charge on any atom is 0.135 e. The van der Waals surface area contributed by atoms with E-state index in [0.29, 0.717) is 17.7 Å². The Morgan fingerprint density at radius 3 is 3.00 bits per heavy atom. The lowest BCUT2D eigenvalue weighted by Crippen LogP contribution is -2.36. The standard InChI is InChI=1S/C11H19NO/c1-2-11(13)9-4-3-8-5-6-12-10(8)7-9/h8-10,12H,2-7H2,1H3. The zero-order valence-corrected chi connectivity index (χ0v) is 8.38. The van der Waals surface area contributed by atoms with Crippen LogP contribution in [0.3, 0.4) is 0 Å². The molecule has 2 heteroatoms. The summed E-state index contributed by atoms with van der Waals surface area (Å²) in [7, 11) is 0. The molecule has 2 fully saturated rings. The van der Waals surface area contributed by atoms with Gasteiger partial charge in [-0.3, -0.25) is 4.79 Å². The van der Waals surface area contributed by atoms with Gasteiger partial charge in [0.15, 0.2) is 0 Å². The second-order valence-electron chi connectivity index (χ2n) is 4.44. The van der Waals surface area contributed by atoms with Crippen LogP contribution < -0.4 is 5.32 Å². The third-order valence-electron chi connectivity index (χ3n) is 3.72. The third kappa shape index (κ3) is 1.78. The molecule has 0 aromatic carbocycles. The average Bonchev–Trinajstić information content (AvgIpc) is 2.63. The highest BCUT2D eigenvalue weighted by Crippen LogP contribution is 2.34. The first-order valence-electron chi connectivity index (χ1n) is 5.57. The molecule has 1 aliphatic carbocycles. The van der Waals surface area contributed by atoms with Gasteiger partial charge in [0.1, 0.15) is 5.78 Å². The van der Waals surface area contributed by atoms with Crippen LogP contribution in [0.1, 0.15) is 39.0 Å². The van der Waals surface area contributed by atoms with Crippen molar-refractivity contribution in [2.24, 2.45) is 11.8 Å². The van der Waals surface area contributed by atoms with Gasteiger partial charge in [-0.1, -0.05) is 6.92 Å². The van der Waals surface area contributed by atoms with Gasteiger partial charge in [0.05, 0.1) is 0 Å². The second kappa shape index (κ2) is 3.79. The second-order valence-corrected chi connectivity index (χ2v) is 4.44. The van der Waals surface area contributed by atoms with Crippen molar-refractivity contribution in [2.75, 3.05) is 6.54 Å².